The van der Waals surface area contributed by atoms with Gasteiger partial charge in [0.1, 0.15) is 5.69 Å². The van der Waals surface area contributed by atoms with Crippen molar-refractivity contribution in [2.45, 2.75) is 45.6 Å². The molecule has 1 fully saturated rings. The monoisotopic (exact) mass is 440 g/mol. The molecule has 1 aliphatic carbocycles. The SMILES string of the molecule is CCOC(=O)C1(C2c3[nH]c4ccc(Cl)cc4c3CCN2C(=O)c2nc[nH]c2C)CCC1. The highest BCUT2D eigenvalue weighted by Crippen LogP contribution is 2.56. The minimum absolute atomic E-state index is 0.165. The number of H-pyrrole nitrogens is 2. The second-order valence-electron chi connectivity index (χ2n) is 8.46. The van der Waals surface area contributed by atoms with Gasteiger partial charge < -0.3 is 19.6 Å². The van der Waals surface area contributed by atoms with Crippen LogP contribution in [0.4, 0.5) is 0 Å². The van der Waals surface area contributed by atoms with Crippen LogP contribution in [0.5, 0.6) is 0 Å². The molecular weight excluding hydrogens is 416 g/mol. The Bertz CT molecular complexity index is 1180. The van der Waals surface area contributed by atoms with Crippen LogP contribution in [-0.2, 0) is 16.0 Å². The summed E-state index contributed by atoms with van der Waals surface area (Å²) in [7, 11) is 0. The van der Waals surface area contributed by atoms with Crippen molar-refractivity contribution in [1.82, 2.24) is 19.9 Å². The molecule has 1 atom stereocenters. The summed E-state index contributed by atoms with van der Waals surface area (Å²) in [6.45, 7) is 4.47. The molecule has 2 N–H and O–H groups in total. The number of carbonyl (C=O) groups is 2. The second kappa shape index (κ2) is 7.41. The van der Waals surface area contributed by atoms with Crippen LogP contribution in [0.15, 0.2) is 24.5 Å². The first-order valence-corrected chi connectivity index (χ1v) is 11.1. The van der Waals surface area contributed by atoms with Crippen LogP contribution in [0.25, 0.3) is 10.9 Å². The molecule has 2 aliphatic rings. The molecule has 0 spiro atoms. The smallest absolute Gasteiger partial charge is 0.314 e. The standard InChI is InChI=1S/C23H25ClN4O3/c1-3-31-22(30)23(8-4-9-23)20-19-15(16-11-14(24)5-6-17(16)27-19)7-10-28(20)21(29)18-13(2)25-12-26-18/h5-6,11-12,20,27H,3-4,7-10H2,1-2H3,(H,25,26). The fraction of sp³-hybridized carbons (Fsp3) is 0.435. The summed E-state index contributed by atoms with van der Waals surface area (Å²) < 4.78 is 5.52. The fourth-order valence-electron chi connectivity index (χ4n) is 5.19. The van der Waals surface area contributed by atoms with E-state index in [-0.39, 0.29) is 11.9 Å². The van der Waals surface area contributed by atoms with Crippen LogP contribution >= 0.6 is 11.6 Å². The number of aryl methyl sites for hydroxylation is 1. The third kappa shape index (κ3) is 2.97. The summed E-state index contributed by atoms with van der Waals surface area (Å²) in [5, 5.41) is 1.72. The number of rotatable bonds is 4. The van der Waals surface area contributed by atoms with Crippen molar-refractivity contribution in [2.24, 2.45) is 5.41 Å². The van der Waals surface area contributed by atoms with Crippen LogP contribution in [0.2, 0.25) is 5.02 Å². The lowest BCUT2D eigenvalue weighted by Gasteiger charge is -2.50. The van der Waals surface area contributed by atoms with Gasteiger partial charge >= 0.3 is 5.97 Å². The molecule has 0 radical (unpaired) electrons. The van der Waals surface area contributed by atoms with Crippen molar-refractivity contribution in [3.8, 4) is 0 Å². The number of aromatic nitrogens is 3. The van der Waals surface area contributed by atoms with Crippen LogP contribution < -0.4 is 0 Å². The maximum absolute atomic E-state index is 13.6. The Balaban J connectivity index is 1.68. The number of halogens is 1. The Morgan fingerprint density at radius 2 is 2.16 bits per heavy atom. The number of hydrogen-bond acceptors (Lipinski definition) is 4. The largest absolute Gasteiger partial charge is 0.465 e. The van der Waals surface area contributed by atoms with E-state index in [0.29, 0.717) is 43.1 Å². The number of aromatic amines is 2. The predicted octanol–water partition coefficient (Wildman–Crippen LogP) is 4.33. The van der Waals surface area contributed by atoms with E-state index in [1.54, 1.807) is 0 Å². The van der Waals surface area contributed by atoms with Gasteiger partial charge in [-0.2, -0.15) is 0 Å². The van der Waals surface area contributed by atoms with Gasteiger partial charge in [-0.15, -0.1) is 0 Å². The van der Waals surface area contributed by atoms with E-state index in [0.717, 1.165) is 34.3 Å². The van der Waals surface area contributed by atoms with E-state index >= 15 is 0 Å². The second-order valence-corrected chi connectivity index (χ2v) is 8.90. The summed E-state index contributed by atoms with van der Waals surface area (Å²) in [6, 6.07) is 5.32. The number of hydrogen-bond donors (Lipinski definition) is 2. The zero-order valence-electron chi connectivity index (χ0n) is 17.6. The molecule has 1 unspecified atom stereocenters. The first-order valence-electron chi connectivity index (χ1n) is 10.7. The molecule has 1 aliphatic heterocycles. The lowest BCUT2D eigenvalue weighted by atomic mass is 9.61. The van der Waals surface area contributed by atoms with E-state index in [2.05, 4.69) is 15.0 Å². The number of nitrogens with zero attached hydrogens (tertiary/aromatic N) is 2. The number of imidazole rings is 1. The molecule has 31 heavy (non-hydrogen) atoms. The molecule has 2 aromatic heterocycles. The number of carbonyl (C=O) groups excluding carboxylic acids is 2. The van der Waals surface area contributed by atoms with Crippen LogP contribution in [-0.4, -0.2) is 44.9 Å². The molecule has 5 rings (SSSR count). The van der Waals surface area contributed by atoms with Crippen molar-refractivity contribution >= 4 is 34.4 Å². The lowest BCUT2D eigenvalue weighted by Crippen LogP contribution is -2.54. The summed E-state index contributed by atoms with van der Waals surface area (Å²) in [5.41, 5.74) is 3.36. The van der Waals surface area contributed by atoms with E-state index in [9.17, 15) is 9.59 Å². The lowest BCUT2D eigenvalue weighted by molar-refractivity contribution is -0.168. The maximum atomic E-state index is 13.6. The molecule has 162 valence electrons. The molecule has 3 heterocycles. The minimum Gasteiger partial charge on any atom is -0.465 e. The third-order valence-corrected chi connectivity index (χ3v) is 7.07. The highest BCUT2D eigenvalue weighted by Gasteiger charge is 2.57. The van der Waals surface area contributed by atoms with E-state index < -0.39 is 11.5 Å². The number of ether oxygens (including phenoxy) is 1. The van der Waals surface area contributed by atoms with E-state index in [1.165, 1.54) is 6.33 Å². The van der Waals surface area contributed by atoms with Gasteiger partial charge in [-0.1, -0.05) is 18.0 Å². The molecule has 7 nitrogen and oxygen atoms in total. The number of fused-ring (bicyclic) bond motifs is 3. The van der Waals surface area contributed by atoms with Gasteiger partial charge in [0.25, 0.3) is 5.91 Å². The quantitative estimate of drug-likeness (QED) is 0.591. The Morgan fingerprint density at radius 3 is 2.81 bits per heavy atom. The first kappa shape index (κ1) is 20.1. The topological polar surface area (TPSA) is 91.1 Å². The average Bonchev–Trinajstić information content (AvgIpc) is 3.30. The van der Waals surface area contributed by atoms with Crippen LogP contribution in [0.3, 0.4) is 0 Å². The van der Waals surface area contributed by atoms with E-state index in [4.69, 9.17) is 16.3 Å². The Labute approximate surface area is 185 Å². The summed E-state index contributed by atoms with van der Waals surface area (Å²) in [6.07, 6.45) is 4.52. The summed E-state index contributed by atoms with van der Waals surface area (Å²) >= 11 is 6.27. The van der Waals surface area contributed by atoms with Gasteiger partial charge in [-0.05, 0) is 56.9 Å². The fourth-order valence-corrected chi connectivity index (χ4v) is 5.36. The minimum atomic E-state index is -0.754. The van der Waals surface area contributed by atoms with E-state index in [1.807, 2.05) is 36.9 Å². The van der Waals surface area contributed by atoms with Crippen molar-refractivity contribution in [3.05, 3.63) is 52.2 Å². The molecule has 3 aromatic rings. The van der Waals surface area contributed by atoms with Gasteiger partial charge in [0.2, 0.25) is 0 Å². The van der Waals surface area contributed by atoms with Crippen molar-refractivity contribution in [2.75, 3.05) is 13.2 Å². The molecule has 0 saturated heterocycles. The van der Waals surface area contributed by atoms with Gasteiger partial charge in [-0.3, -0.25) is 9.59 Å². The predicted molar refractivity (Wildman–Crippen MR) is 117 cm³/mol. The van der Waals surface area contributed by atoms with Gasteiger partial charge in [0, 0.05) is 33.9 Å². The molecule has 0 bridgehead atoms. The molecule has 1 aromatic carbocycles. The van der Waals surface area contributed by atoms with Gasteiger partial charge in [0.05, 0.1) is 24.4 Å². The average molecular weight is 441 g/mol. The molecular formula is C23H25ClN4O3. The third-order valence-electron chi connectivity index (χ3n) is 6.83. The van der Waals surface area contributed by atoms with Gasteiger partial charge in [0.15, 0.2) is 0 Å². The maximum Gasteiger partial charge on any atom is 0.314 e. The highest BCUT2D eigenvalue weighted by atomic mass is 35.5. The Hall–Kier alpha value is -2.80. The summed E-state index contributed by atoms with van der Waals surface area (Å²) in [4.78, 5) is 39.4. The van der Waals surface area contributed by atoms with Crippen LogP contribution in [0, 0.1) is 12.3 Å². The van der Waals surface area contributed by atoms with Gasteiger partial charge in [-0.25, -0.2) is 4.98 Å². The molecule has 1 saturated carbocycles. The molecule has 1 amide bonds. The number of nitrogens with one attached hydrogen (secondary N) is 2. The van der Waals surface area contributed by atoms with Crippen molar-refractivity contribution < 1.29 is 14.3 Å². The first-order chi connectivity index (χ1) is 15.0. The van der Waals surface area contributed by atoms with Crippen molar-refractivity contribution in [3.63, 3.8) is 0 Å². The number of amides is 1. The Kier molecular flexibility index (Phi) is 4.81. The zero-order valence-corrected chi connectivity index (χ0v) is 18.4. The van der Waals surface area contributed by atoms with Crippen molar-refractivity contribution in [1.29, 1.82) is 0 Å². The molecule has 8 heteroatoms. The highest BCUT2D eigenvalue weighted by molar-refractivity contribution is 6.31. The Morgan fingerprint density at radius 1 is 1.35 bits per heavy atom. The van der Waals surface area contributed by atoms with Crippen LogP contribution in [0.1, 0.15) is 59.7 Å². The number of esters is 1. The summed E-state index contributed by atoms with van der Waals surface area (Å²) in [5.74, 6) is -0.394. The number of benzene rings is 1. The zero-order chi connectivity index (χ0) is 21.8. The normalized spacial score (nSPS) is 19.7.